The monoisotopic (exact) mass is 391 g/mol. The number of nitrogens with zero attached hydrogens (tertiary/aromatic N) is 1. The minimum Gasteiger partial charge on any atom is -0.467 e. The Bertz CT molecular complexity index is 631. The number of carbonyl (C=O) groups excluding carboxylic acids is 2. The minimum atomic E-state index is -0.944. The highest BCUT2D eigenvalue weighted by Crippen LogP contribution is 2.36. The minimum absolute atomic E-state index is 0.179. The van der Waals surface area contributed by atoms with Gasteiger partial charge < -0.3 is 14.2 Å². The van der Waals surface area contributed by atoms with Gasteiger partial charge in [-0.1, -0.05) is 69.4 Å². The molecule has 1 heterocycles. The molecule has 0 spiro atoms. The highest BCUT2D eigenvalue weighted by molar-refractivity contribution is 5.78. The van der Waals surface area contributed by atoms with Crippen molar-refractivity contribution in [2.45, 2.75) is 83.8 Å². The second kappa shape index (κ2) is 10.5. The van der Waals surface area contributed by atoms with E-state index >= 15 is 0 Å². The Labute approximate surface area is 168 Å². The molecule has 1 fully saturated rings. The van der Waals surface area contributed by atoms with Crippen LogP contribution in [0.25, 0.3) is 0 Å². The number of rotatable bonds is 9. The first kappa shape index (κ1) is 22.2. The van der Waals surface area contributed by atoms with Crippen LogP contribution < -0.4 is 0 Å². The molecule has 0 unspecified atom stereocenters. The average Bonchev–Trinajstić information content (AvgIpc) is 2.96. The maximum absolute atomic E-state index is 12.9. The van der Waals surface area contributed by atoms with Gasteiger partial charge in [-0.15, -0.1) is 0 Å². The van der Waals surface area contributed by atoms with Gasteiger partial charge in [-0.2, -0.15) is 0 Å². The maximum Gasteiger partial charge on any atom is 0.412 e. The van der Waals surface area contributed by atoms with Crippen molar-refractivity contribution in [2.24, 2.45) is 0 Å². The van der Waals surface area contributed by atoms with Crippen LogP contribution in [0.4, 0.5) is 4.79 Å². The van der Waals surface area contributed by atoms with Crippen LogP contribution in [-0.4, -0.2) is 41.9 Å². The predicted molar refractivity (Wildman–Crippen MR) is 107 cm³/mol. The van der Waals surface area contributed by atoms with Crippen molar-refractivity contribution >= 4 is 12.1 Å². The first-order valence-corrected chi connectivity index (χ1v) is 10.2. The summed E-state index contributed by atoms with van der Waals surface area (Å²) in [5.41, 5.74) is -0.0323. The van der Waals surface area contributed by atoms with Gasteiger partial charge in [0.25, 0.3) is 0 Å². The van der Waals surface area contributed by atoms with Crippen LogP contribution in [0.2, 0.25) is 0 Å². The van der Waals surface area contributed by atoms with E-state index < -0.39 is 29.9 Å². The molecule has 0 aliphatic carbocycles. The van der Waals surface area contributed by atoms with Crippen molar-refractivity contribution in [3.8, 4) is 0 Å². The average molecular weight is 392 g/mol. The molecule has 0 saturated carbocycles. The topological polar surface area (TPSA) is 65.1 Å². The number of hydrogen-bond donors (Lipinski definition) is 0. The van der Waals surface area contributed by atoms with Gasteiger partial charge in [0.05, 0.1) is 13.2 Å². The molecule has 0 aromatic heterocycles. The van der Waals surface area contributed by atoms with Gasteiger partial charge in [0.2, 0.25) is 0 Å². The van der Waals surface area contributed by atoms with Crippen LogP contribution in [0.1, 0.15) is 64.9 Å². The Morgan fingerprint density at radius 2 is 1.79 bits per heavy atom. The molecule has 1 saturated heterocycles. The number of esters is 1. The molecule has 156 valence electrons. The molecule has 2 atom stereocenters. The molecule has 0 radical (unpaired) electrons. The Balaban J connectivity index is 2.08. The van der Waals surface area contributed by atoms with Crippen LogP contribution in [-0.2, 0) is 25.6 Å². The summed E-state index contributed by atoms with van der Waals surface area (Å²) in [6.45, 7) is 5.91. The fourth-order valence-corrected chi connectivity index (χ4v) is 3.68. The lowest BCUT2D eigenvalue weighted by Crippen LogP contribution is -2.49. The fraction of sp³-hybridized carbons (Fsp3) is 0.636. The van der Waals surface area contributed by atoms with E-state index in [-0.39, 0.29) is 6.61 Å². The summed E-state index contributed by atoms with van der Waals surface area (Å²) in [4.78, 5) is 26.7. The third kappa shape index (κ3) is 5.71. The van der Waals surface area contributed by atoms with E-state index in [9.17, 15) is 9.59 Å². The molecular formula is C22H33NO5. The van der Waals surface area contributed by atoms with Crippen molar-refractivity contribution in [1.29, 1.82) is 0 Å². The van der Waals surface area contributed by atoms with Crippen LogP contribution in [0, 0.1) is 0 Å². The van der Waals surface area contributed by atoms with E-state index in [1.54, 1.807) is 18.7 Å². The third-order valence-electron chi connectivity index (χ3n) is 5.12. The van der Waals surface area contributed by atoms with Gasteiger partial charge in [0, 0.05) is 0 Å². The zero-order valence-corrected chi connectivity index (χ0v) is 17.5. The van der Waals surface area contributed by atoms with Crippen molar-refractivity contribution < 1.29 is 23.8 Å². The van der Waals surface area contributed by atoms with Crippen molar-refractivity contribution in [3.05, 3.63) is 35.9 Å². The van der Waals surface area contributed by atoms with Gasteiger partial charge in [-0.25, -0.2) is 9.59 Å². The molecule has 0 N–H and O–H groups in total. The van der Waals surface area contributed by atoms with E-state index in [1.807, 2.05) is 30.3 Å². The second-order valence-corrected chi connectivity index (χ2v) is 7.69. The summed E-state index contributed by atoms with van der Waals surface area (Å²) < 4.78 is 16.4. The summed E-state index contributed by atoms with van der Waals surface area (Å²) in [6.07, 6.45) is 4.89. The quantitative estimate of drug-likeness (QED) is 0.452. The van der Waals surface area contributed by atoms with Gasteiger partial charge in [-0.05, 0) is 25.8 Å². The van der Waals surface area contributed by atoms with Gasteiger partial charge >= 0.3 is 12.1 Å². The van der Waals surface area contributed by atoms with Crippen molar-refractivity contribution in [1.82, 2.24) is 4.90 Å². The fourth-order valence-electron chi connectivity index (χ4n) is 3.68. The molecule has 1 aliphatic rings. The zero-order valence-electron chi connectivity index (χ0n) is 17.5. The first-order chi connectivity index (χ1) is 13.4. The summed E-state index contributed by atoms with van der Waals surface area (Å²) in [7, 11) is 1.34. The molecule has 1 aliphatic heterocycles. The third-order valence-corrected chi connectivity index (χ3v) is 5.12. The Morgan fingerprint density at radius 1 is 1.11 bits per heavy atom. The second-order valence-electron chi connectivity index (χ2n) is 7.69. The lowest BCUT2D eigenvalue weighted by atomic mass is 10.0. The maximum atomic E-state index is 12.9. The standard InChI is InChI=1S/C22H33NO5/c1-5-6-7-8-12-15-18-19(20(24)26-4)28-22(2,3)23(18)21(25)27-16-17-13-10-9-11-14-17/h9-11,13-14,18-19H,5-8,12,15-16H2,1-4H3/t18-,19+/m1/s1. The lowest BCUT2D eigenvalue weighted by molar-refractivity contribution is -0.158. The van der Waals surface area contributed by atoms with E-state index in [4.69, 9.17) is 14.2 Å². The number of methoxy groups -OCH3 is 1. The molecule has 6 heteroatoms. The molecule has 2 rings (SSSR count). The normalized spacial score (nSPS) is 20.8. The van der Waals surface area contributed by atoms with Gasteiger partial charge in [0.1, 0.15) is 12.3 Å². The SMILES string of the molecule is CCCCCCC[C@@H]1[C@@H](C(=O)OC)OC(C)(C)N1C(=O)OCc1ccccc1. The van der Waals surface area contributed by atoms with E-state index in [0.29, 0.717) is 6.42 Å². The largest absolute Gasteiger partial charge is 0.467 e. The smallest absolute Gasteiger partial charge is 0.412 e. The molecule has 1 aromatic carbocycles. The molecule has 1 amide bonds. The molecule has 28 heavy (non-hydrogen) atoms. The predicted octanol–water partition coefficient (Wildman–Crippen LogP) is 4.66. The highest BCUT2D eigenvalue weighted by atomic mass is 16.6. The van der Waals surface area contributed by atoms with E-state index in [2.05, 4.69) is 6.92 Å². The number of benzene rings is 1. The zero-order chi connectivity index (χ0) is 20.6. The number of unbranched alkanes of at least 4 members (excludes halogenated alkanes) is 4. The van der Waals surface area contributed by atoms with Crippen LogP contribution in [0.15, 0.2) is 30.3 Å². The van der Waals surface area contributed by atoms with Gasteiger partial charge in [0.15, 0.2) is 6.10 Å². The summed E-state index contributed by atoms with van der Waals surface area (Å²) in [5, 5.41) is 0. The molecular weight excluding hydrogens is 358 g/mol. The van der Waals surface area contributed by atoms with Crippen LogP contribution in [0.3, 0.4) is 0 Å². The van der Waals surface area contributed by atoms with Gasteiger partial charge in [-0.3, -0.25) is 4.90 Å². The van der Waals surface area contributed by atoms with E-state index in [0.717, 1.165) is 24.8 Å². The Hall–Kier alpha value is -2.08. The summed E-state index contributed by atoms with van der Waals surface area (Å²) >= 11 is 0. The van der Waals surface area contributed by atoms with Crippen LogP contribution in [0.5, 0.6) is 0 Å². The first-order valence-electron chi connectivity index (χ1n) is 10.2. The van der Waals surface area contributed by atoms with Crippen molar-refractivity contribution in [3.63, 3.8) is 0 Å². The highest BCUT2D eigenvalue weighted by Gasteiger charge is 2.53. The summed E-state index contributed by atoms with van der Waals surface area (Å²) in [5.74, 6) is -0.454. The Morgan fingerprint density at radius 3 is 2.43 bits per heavy atom. The molecule has 0 bridgehead atoms. The number of ether oxygens (including phenoxy) is 3. The van der Waals surface area contributed by atoms with Crippen LogP contribution >= 0.6 is 0 Å². The number of carbonyl (C=O) groups is 2. The molecule has 1 aromatic rings. The Kier molecular flexibility index (Phi) is 8.30. The van der Waals surface area contributed by atoms with E-state index in [1.165, 1.54) is 20.0 Å². The lowest BCUT2D eigenvalue weighted by Gasteiger charge is -2.32. The number of amides is 1. The molecule has 6 nitrogen and oxygen atoms in total. The van der Waals surface area contributed by atoms with Crippen molar-refractivity contribution in [2.75, 3.05) is 7.11 Å². The summed E-state index contributed by atoms with van der Waals surface area (Å²) in [6, 6.07) is 9.13. The number of hydrogen-bond acceptors (Lipinski definition) is 5.